The molecule has 1 aromatic rings. The first-order valence-electron chi connectivity index (χ1n) is 5.54. The van der Waals surface area contributed by atoms with E-state index in [0.29, 0.717) is 12.0 Å². The van der Waals surface area contributed by atoms with Gasteiger partial charge in [0.15, 0.2) is 0 Å². The van der Waals surface area contributed by atoms with Crippen LogP contribution in [0.5, 0.6) is 0 Å². The molecule has 0 heterocycles. The molecule has 3 atom stereocenters. The number of benzene rings is 1. The molecule has 2 N–H and O–H groups in total. The van der Waals surface area contributed by atoms with Crippen LogP contribution in [0.3, 0.4) is 0 Å². The van der Waals surface area contributed by atoms with Crippen molar-refractivity contribution in [3.8, 4) is 0 Å². The molecule has 90 valence electrons. The molecule has 0 spiro atoms. The highest BCUT2D eigenvalue weighted by Gasteiger charge is 2.16. The zero-order chi connectivity index (χ0) is 12.3. The van der Waals surface area contributed by atoms with Gasteiger partial charge in [-0.25, -0.2) is 4.39 Å². The summed E-state index contributed by atoms with van der Waals surface area (Å²) in [4.78, 5) is 0. The molecule has 2 nitrogen and oxygen atoms in total. The van der Waals surface area contributed by atoms with E-state index >= 15 is 0 Å². The van der Waals surface area contributed by atoms with Crippen molar-refractivity contribution in [3.05, 3.63) is 35.1 Å². The minimum absolute atomic E-state index is 0.101. The Balaban J connectivity index is 2.73. The Morgan fingerprint density at radius 1 is 1.25 bits per heavy atom. The zero-order valence-electron chi connectivity index (χ0n) is 9.94. The lowest BCUT2D eigenvalue weighted by molar-refractivity contribution is 0.0227. The first kappa shape index (κ1) is 13.1. The van der Waals surface area contributed by atoms with Gasteiger partial charge in [-0.05, 0) is 43.4 Å². The van der Waals surface area contributed by atoms with Crippen molar-refractivity contribution in [1.82, 2.24) is 0 Å². The van der Waals surface area contributed by atoms with Crippen molar-refractivity contribution in [2.75, 3.05) is 0 Å². The molecular weight excluding hydrogens is 207 g/mol. The highest BCUT2D eigenvalue weighted by Crippen LogP contribution is 2.23. The van der Waals surface area contributed by atoms with Gasteiger partial charge in [0.25, 0.3) is 0 Å². The normalized spacial score (nSPS) is 16.9. The molecule has 3 heteroatoms. The predicted molar refractivity (Wildman–Crippen MR) is 61.9 cm³/mol. The van der Waals surface area contributed by atoms with Crippen LogP contribution in [-0.4, -0.2) is 22.4 Å². The second-order valence-electron chi connectivity index (χ2n) is 4.45. The SMILES string of the molecule is Cc1cc(C(C)CC(O)C(C)O)ccc1F. The third kappa shape index (κ3) is 3.29. The van der Waals surface area contributed by atoms with E-state index in [4.69, 9.17) is 0 Å². The number of halogens is 1. The third-order valence-corrected chi connectivity index (χ3v) is 2.90. The molecule has 3 unspecified atom stereocenters. The molecule has 0 saturated carbocycles. The van der Waals surface area contributed by atoms with Crippen molar-refractivity contribution in [1.29, 1.82) is 0 Å². The fourth-order valence-electron chi connectivity index (χ4n) is 1.67. The quantitative estimate of drug-likeness (QED) is 0.827. The third-order valence-electron chi connectivity index (χ3n) is 2.90. The van der Waals surface area contributed by atoms with Crippen LogP contribution in [0.4, 0.5) is 4.39 Å². The van der Waals surface area contributed by atoms with Crippen molar-refractivity contribution >= 4 is 0 Å². The van der Waals surface area contributed by atoms with Crippen LogP contribution in [0, 0.1) is 12.7 Å². The van der Waals surface area contributed by atoms with E-state index in [9.17, 15) is 14.6 Å². The highest BCUT2D eigenvalue weighted by atomic mass is 19.1. The van der Waals surface area contributed by atoms with Crippen LogP contribution in [0.25, 0.3) is 0 Å². The number of hydrogen-bond donors (Lipinski definition) is 2. The summed E-state index contributed by atoms with van der Waals surface area (Å²) in [5.41, 5.74) is 1.59. The van der Waals surface area contributed by atoms with Gasteiger partial charge in [0, 0.05) is 0 Å². The van der Waals surface area contributed by atoms with Crippen LogP contribution in [-0.2, 0) is 0 Å². The van der Waals surface area contributed by atoms with Gasteiger partial charge in [0.05, 0.1) is 12.2 Å². The van der Waals surface area contributed by atoms with Crippen molar-refractivity contribution in [2.24, 2.45) is 0 Å². The first-order valence-corrected chi connectivity index (χ1v) is 5.54. The summed E-state index contributed by atoms with van der Waals surface area (Å²) in [5.74, 6) is -0.115. The average molecular weight is 226 g/mol. The van der Waals surface area contributed by atoms with Gasteiger partial charge < -0.3 is 10.2 Å². The van der Waals surface area contributed by atoms with Crippen molar-refractivity contribution in [2.45, 2.75) is 45.3 Å². The number of aliphatic hydroxyl groups excluding tert-OH is 2. The van der Waals surface area contributed by atoms with Gasteiger partial charge in [-0.15, -0.1) is 0 Å². The highest BCUT2D eigenvalue weighted by molar-refractivity contribution is 5.26. The van der Waals surface area contributed by atoms with E-state index in [1.807, 2.05) is 6.92 Å². The average Bonchev–Trinajstić information content (AvgIpc) is 2.21. The van der Waals surface area contributed by atoms with E-state index < -0.39 is 12.2 Å². The molecule has 1 rings (SSSR count). The van der Waals surface area contributed by atoms with E-state index in [-0.39, 0.29) is 11.7 Å². The lowest BCUT2D eigenvalue weighted by Gasteiger charge is -2.19. The van der Waals surface area contributed by atoms with E-state index in [2.05, 4.69) is 0 Å². The van der Waals surface area contributed by atoms with E-state index in [0.717, 1.165) is 5.56 Å². The fourth-order valence-corrected chi connectivity index (χ4v) is 1.67. The number of aryl methyl sites for hydroxylation is 1. The summed E-state index contributed by atoms with van der Waals surface area (Å²) in [6.45, 7) is 5.24. The number of aliphatic hydroxyl groups is 2. The molecule has 16 heavy (non-hydrogen) atoms. The topological polar surface area (TPSA) is 40.5 Å². The van der Waals surface area contributed by atoms with Crippen molar-refractivity contribution < 1.29 is 14.6 Å². The number of rotatable bonds is 4. The number of hydrogen-bond acceptors (Lipinski definition) is 2. The molecule has 0 amide bonds. The summed E-state index contributed by atoms with van der Waals surface area (Å²) in [5, 5.41) is 18.8. The molecule has 0 aliphatic carbocycles. The smallest absolute Gasteiger partial charge is 0.126 e. The Labute approximate surface area is 95.7 Å². The first-order chi connectivity index (χ1) is 7.41. The Kier molecular flexibility index (Phi) is 4.44. The van der Waals surface area contributed by atoms with Gasteiger partial charge in [-0.2, -0.15) is 0 Å². The van der Waals surface area contributed by atoms with Gasteiger partial charge in [-0.1, -0.05) is 19.1 Å². The largest absolute Gasteiger partial charge is 0.391 e. The summed E-state index contributed by atoms with van der Waals surface area (Å²) < 4.78 is 13.1. The van der Waals surface area contributed by atoms with Gasteiger partial charge in [-0.3, -0.25) is 0 Å². The molecule has 0 aliphatic heterocycles. The minimum atomic E-state index is -0.736. The summed E-state index contributed by atoms with van der Waals surface area (Å²) in [6, 6.07) is 4.95. The standard InChI is InChI=1S/C13H19FO2/c1-8(7-13(16)10(3)15)11-4-5-12(14)9(2)6-11/h4-6,8,10,13,15-16H,7H2,1-3H3. The Morgan fingerprint density at radius 3 is 2.38 bits per heavy atom. The molecular formula is C13H19FO2. The van der Waals surface area contributed by atoms with Crippen molar-refractivity contribution in [3.63, 3.8) is 0 Å². The van der Waals surface area contributed by atoms with Crippen LogP contribution in [0.2, 0.25) is 0 Å². The monoisotopic (exact) mass is 226 g/mol. The lowest BCUT2D eigenvalue weighted by atomic mass is 9.92. The fraction of sp³-hybridized carbons (Fsp3) is 0.538. The molecule has 0 fully saturated rings. The van der Waals surface area contributed by atoms with E-state index in [1.165, 1.54) is 6.07 Å². The molecule has 0 radical (unpaired) electrons. The Morgan fingerprint density at radius 2 is 1.88 bits per heavy atom. The summed E-state index contributed by atoms with van der Waals surface area (Å²) in [7, 11) is 0. The molecule has 1 aromatic carbocycles. The maximum Gasteiger partial charge on any atom is 0.126 e. The predicted octanol–water partition coefficient (Wildman–Crippen LogP) is 2.37. The van der Waals surface area contributed by atoms with Gasteiger partial charge in [0.2, 0.25) is 0 Å². The summed E-state index contributed by atoms with van der Waals surface area (Å²) in [6.07, 6.45) is -0.993. The molecule has 0 aromatic heterocycles. The van der Waals surface area contributed by atoms with E-state index in [1.54, 1.807) is 26.0 Å². The lowest BCUT2D eigenvalue weighted by Crippen LogP contribution is -2.24. The maximum absolute atomic E-state index is 13.1. The van der Waals surface area contributed by atoms with Crippen LogP contribution in [0.1, 0.15) is 37.3 Å². The van der Waals surface area contributed by atoms with Crippen LogP contribution < -0.4 is 0 Å². The Bertz CT molecular complexity index is 350. The van der Waals surface area contributed by atoms with Crippen LogP contribution >= 0.6 is 0 Å². The minimum Gasteiger partial charge on any atom is -0.391 e. The molecule has 0 bridgehead atoms. The van der Waals surface area contributed by atoms with Gasteiger partial charge in [0.1, 0.15) is 5.82 Å². The second kappa shape index (κ2) is 5.41. The molecule has 0 aliphatic rings. The maximum atomic E-state index is 13.1. The Hall–Kier alpha value is -0.930. The molecule has 0 saturated heterocycles. The zero-order valence-corrected chi connectivity index (χ0v) is 9.94. The summed E-state index contributed by atoms with van der Waals surface area (Å²) >= 11 is 0. The van der Waals surface area contributed by atoms with Crippen LogP contribution in [0.15, 0.2) is 18.2 Å². The second-order valence-corrected chi connectivity index (χ2v) is 4.45. The van der Waals surface area contributed by atoms with Gasteiger partial charge >= 0.3 is 0 Å².